The van der Waals surface area contributed by atoms with Crippen molar-refractivity contribution in [1.29, 1.82) is 0 Å². The van der Waals surface area contributed by atoms with Crippen molar-refractivity contribution in [3.8, 4) is 5.75 Å². The highest BCUT2D eigenvalue weighted by molar-refractivity contribution is 7.92. The third kappa shape index (κ3) is 2.76. The smallest absolute Gasteiger partial charge is 0.265 e. The first kappa shape index (κ1) is 14.4. The molecule has 0 atom stereocenters. The lowest BCUT2D eigenvalue weighted by Crippen LogP contribution is -2.13. The largest absolute Gasteiger partial charge is 0.495 e. The predicted octanol–water partition coefficient (Wildman–Crippen LogP) is 3.65. The van der Waals surface area contributed by atoms with Crippen LogP contribution in [0.5, 0.6) is 5.75 Å². The van der Waals surface area contributed by atoms with E-state index in [-0.39, 0.29) is 4.90 Å². The molecule has 0 aromatic heterocycles. The molecule has 0 unspecified atom stereocenters. The van der Waals surface area contributed by atoms with E-state index in [2.05, 4.69) is 4.72 Å². The average molecular weight is 313 g/mol. The zero-order valence-corrected chi connectivity index (χ0v) is 12.8. The van der Waals surface area contributed by atoms with Gasteiger partial charge < -0.3 is 4.74 Å². The molecule has 0 aliphatic heterocycles. The minimum Gasteiger partial charge on any atom is -0.495 e. The summed E-state index contributed by atoms with van der Waals surface area (Å²) in [4.78, 5) is 0.116. The molecule has 1 N–H and O–H groups in total. The number of ether oxygens (including phenoxy) is 1. The Morgan fingerprint density at radius 3 is 2.32 bits per heavy atom. The molecule has 5 heteroatoms. The topological polar surface area (TPSA) is 55.4 Å². The van der Waals surface area contributed by atoms with Crippen LogP contribution in [-0.2, 0) is 10.0 Å². The van der Waals surface area contributed by atoms with Crippen molar-refractivity contribution in [2.24, 2.45) is 0 Å². The summed E-state index contributed by atoms with van der Waals surface area (Å²) in [5.41, 5.74) is 0.518. The quantitative estimate of drug-likeness (QED) is 0.800. The normalized spacial score (nSPS) is 11.3. The van der Waals surface area contributed by atoms with Gasteiger partial charge in [-0.2, -0.15) is 0 Å². The monoisotopic (exact) mass is 313 g/mol. The summed E-state index contributed by atoms with van der Waals surface area (Å²) in [5.74, 6) is 0.316. The van der Waals surface area contributed by atoms with Crippen molar-refractivity contribution in [3.63, 3.8) is 0 Å². The van der Waals surface area contributed by atoms with Gasteiger partial charge in [-0.3, -0.25) is 4.72 Å². The minimum absolute atomic E-state index is 0.116. The highest BCUT2D eigenvalue weighted by Crippen LogP contribution is 2.26. The molecule has 0 fully saturated rings. The van der Waals surface area contributed by atoms with Gasteiger partial charge in [-0.1, -0.05) is 42.5 Å². The van der Waals surface area contributed by atoms with Crippen LogP contribution in [0.4, 0.5) is 5.69 Å². The summed E-state index contributed by atoms with van der Waals surface area (Å²) < 4.78 is 32.8. The second-order valence-electron chi connectivity index (χ2n) is 4.82. The second-order valence-corrected chi connectivity index (χ2v) is 6.47. The van der Waals surface area contributed by atoms with Gasteiger partial charge in [-0.15, -0.1) is 0 Å². The number of hydrogen-bond acceptors (Lipinski definition) is 3. The molecule has 3 aromatic rings. The van der Waals surface area contributed by atoms with Gasteiger partial charge in [0.1, 0.15) is 10.6 Å². The van der Waals surface area contributed by atoms with E-state index >= 15 is 0 Å². The van der Waals surface area contributed by atoms with E-state index in [0.29, 0.717) is 11.4 Å². The van der Waals surface area contributed by atoms with Crippen LogP contribution in [0, 0.1) is 0 Å². The maximum absolute atomic E-state index is 12.5. The first-order chi connectivity index (χ1) is 10.6. The van der Waals surface area contributed by atoms with Gasteiger partial charge in [0.25, 0.3) is 10.0 Å². The number of benzene rings is 3. The van der Waals surface area contributed by atoms with E-state index in [1.54, 1.807) is 24.3 Å². The number of anilines is 1. The van der Waals surface area contributed by atoms with Crippen LogP contribution >= 0.6 is 0 Å². The number of hydrogen-bond donors (Lipinski definition) is 1. The summed E-state index contributed by atoms with van der Waals surface area (Å²) >= 11 is 0. The van der Waals surface area contributed by atoms with Crippen molar-refractivity contribution in [3.05, 3.63) is 66.7 Å². The zero-order chi connectivity index (χ0) is 15.6. The van der Waals surface area contributed by atoms with Crippen molar-refractivity contribution in [1.82, 2.24) is 0 Å². The maximum atomic E-state index is 12.5. The van der Waals surface area contributed by atoms with Gasteiger partial charge in [0.05, 0.1) is 7.11 Å². The number of fused-ring (bicyclic) bond motifs is 1. The Morgan fingerprint density at radius 1 is 0.864 bits per heavy atom. The van der Waals surface area contributed by atoms with Gasteiger partial charge in [-0.25, -0.2) is 8.42 Å². The average Bonchev–Trinajstić information content (AvgIpc) is 2.54. The number of para-hydroxylation sites is 1. The van der Waals surface area contributed by atoms with Crippen LogP contribution in [0.1, 0.15) is 0 Å². The van der Waals surface area contributed by atoms with Crippen LogP contribution < -0.4 is 9.46 Å². The fourth-order valence-corrected chi connectivity index (χ4v) is 3.52. The van der Waals surface area contributed by atoms with Crippen LogP contribution in [0.15, 0.2) is 71.6 Å². The number of sulfonamides is 1. The number of rotatable bonds is 4. The van der Waals surface area contributed by atoms with Crippen LogP contribution in [0.25, 0.3) is 10.8 Å². The van der Waals surface area contributed by atoms with Crippen LogP contribution in [-0.4, -0.2) is 15.5 Å². The van der Waals surface area contributed by atoms with Gasteiger partial charge in [0.15, 0.2) is 0 Å². The third-order valence-electron chi connectivity index (χ3n) is 3.36. The van der Waals surface area contributed by atoms with Gasteiger partial charge in [0.2, 0.25) is 0 Å². The van der Waals surface area contributed by atoms with E-state index in [9.17, 15) is 8.42 Å². The summed E-state index contributed by atoms with van der Waals surface area (Å²) in [7, 11) is -2.25. The molecule has 0 radical (unpaired) electrons. The molecule has 22 heavy (non-hydrogen) atoms. The highest BCUT2D eigenvalue weighted by atomic mass is 32.2. The van der Waals surface area contributed by atoms with Crippen molar-refractivity contribution in [2.75, 3.05) is 11.8 Å². The molecule has 3 aromatic carbocycles. The predicted molar refractivity (Wildman–Crippen MR) is 87.8 cm³/mol. The van der Waals surface area contributed by atoms with Gasteiger partial charge in [-0.05, 0) is 35.0 Å². The molecule has 0 heterocycles. The fraction of sp³-hybridized carbons (Fsp3) is 0.0588. The summed E-state index contributed by atoms with van der Waals surface area (Å²) in [6, 6.07) is 19.8. The molecule has 112 valence electrons. The first-order valence-electron chi connectivity index (χ1n) is 6.75. The Labute approximate surface area is 129 Å². The van der Waals surface area contributed by atoms with Crippen molar-refractivity contribution < 1.29 is 13.2 Å². The first-order valence-corrected chi connectivity index (χ1v) is 8.23. The SMILES string of the molecule is COc1ccccc1S(=O)(=O)Nc1ccc2ccccc2c1. The fourth-order valence-electron chi connectivity index (χ4n) is 2.30. The zero-order valence-electron chi connectivity index (χ0n) is 12.0. The molecule has 0 aliphatic rings. The highest BCUT2D eigenvalue weighted by Gasteiger charge is 2.19. The van der Waals surface area contributed by atoms with E-state index in [4.69, 9.17) is 4.74 Å². The molecule has 3 rings (SSSR count). The number of methoxy groups -OCH3 is 1. The Balaban J connectivity index is 1.99. The van der Waals surface area contributed by atoms with E-state index in [1.807, 2.05) is 36.4 Å². The third-order valence-corrected chi connectivity index (χ3v) is 4.78. The lowest BCUT2D eigenvalue weighted by atomic mass is 10.1. The molecule has 4 nitrogen and oxygen atoms in total. The van der Waals surface area contributed by atoms with Crippen molar-refractivity contribution >= 4 is 26.5 Å². The Bertz CT molecular complexity index is 920. The summed E-state index contributed by atoms with van der Waals surface area (Å²) in [6.45, 7) is 0. The Morgan fingerprint density at radius 2 is 1.55 bits per heavy atom. The Hall–Kier alpha value is -2.53. The maximum Gasteiger partial charge on any atom is 0.265 e. The second kappa shape index (κ2) is 5.69. The lowest BCUT2D eigenvalue weighted by molar-refractivity contribution is 0.403. The molecule has 0 saturated heterocycles. The minimum atomic E-state index is -3.70. The van der Waals surface area contributed by atoms with E-state index in [0.717, 1.165) is 10.8 Å². The summed E-state index contributed by atoms with van der Waals surface area (Å²) in [6.07, 6.45) is 0. The standard InChI is InChI=1S/C17H15NO3S/c1-21-16-8-4-5-9-17(16)22(19,20)18-15-11-10-13-6-2-3-7-14(13)12-15/h2-12,18H,1H3. The molecule has 0 bridgehead atoms. The molecule has 0 saturated carbocycles. The molecule has 0 amide bonds. The lowest BCUT2D eigenvalue weighted by Gasteiger charge is -2.11. The van der Waals surface area contributed by atoms with E-state index < -0.39 is 10.0 Å². The number of nitrogens with one attached hydrogen (secondary N) is 1. The van der Waals surface area contributed by atoms with Crippen LogP contribution in [0.2, 0.25) is 0 Å². The van der Waals surface area contributed by atoms with E-state index in [1.165, 1.54) is 13.2 Å². The molecule has 0 spiro atoms. The van der Waals surface area contributed by atoms with Gasteiger partial charge in [0, 0.05) is 5.69 Å². The summed E-state index contributed by atoms with van der Waals surface area (Å²) in [5, 5.41) is 2.03. The molecular formula is C17H15NO3S. The molecule has 0 aliphatic carbocycles. The van der Waals surface area contributed by atoms with Gasteiger partial charge >= 0.3 is 0 Å². The molecular weight excluding hydrogens is 298 g/mol. The Kier molecular flexibility index (Phi) is 3.73. The van der Waals surface area contributed by atoms with Crippen LogP contribution in [0.3, 0.4) is 0 Å². The van der Waals surface area contributed by atoms with Crippen molar-refractivity contribution in [2.45, 2.75) is 4.90 Å².